The topological polar surface area (TPSA) is 61.1 Å². The zero-order chi connectivity index (χ0) is 12.6. The van der Waals surface area contributed by atoms with Crippen LogP contribution in [-0.2, 0) is 17.7 Å². The minimum absolute atomic E-state index is 0.279. The third kappa shape index (κ3) is 2.69. The fraction of sp³-hybridized carbons (Fsp3) is 0.636. The number of amides is 1. The van der Waals surface area contributed by atoms with Gasteiger partial charge < -0.3 is 14.7 Å². The van der Waals surface area contributed by atoms with Gasteiger partial charge in [0.05, 0.1) is 6.54 Å². The molecular formula is C11H17N3O2S. The Morgan fingerprint density at radius 3 is 2.76 bits per heavy atom. The van der Waals surface area contributed by atoms with Crippen LogP contribution >= 0.6 is 12.2 Å². The van der Waals surface area contributed by atoms with Gasteiger partial charge in [-0.2, -0.15) is 0 Å². The van der Waals surface area contributed by atoms with Crippen molar-refractivity contribution in [2.75, 3.05) is 6.54 Å². The molecule has 94 valence electrons. The number of ether oxygens (including phenoxy) is 1. The van der Waals surface area contributed by atoms with Crippen molar-refractivity contribution in [3.63, 3.8) is 0 Å². The van der Waals surface area contributed by atoms with Gasteiger partial charge in [-0.15, -0.1) is 0 Å². The molecule has 1 amide bonds. The predicted molar refractivity (Wildman–Crippen MR) is 66.3 cm³/mol. The predicted octanol–water partition coefficient (Wildman–Crippen LogP) is 2.37. The lowest BCUT2D eigenvalue weighted by molar-refractivity contribution is 0.0223. The largest absolute Gasteiger partial charge is 0.444 e. The monoisotopic (exact) mass is 255 g/mol. The normalized spacial score (nSPS) is 15.6. The van der Waals surface area contributed by atoms with Gasteiger partial charge in [-0.1, -0.05) is 12.2 Å². The summed E-state index contributed by atoms with van der Waals surface area (Å²) in [7, 11) is 0. The highest BCUT2D eigenvalue weighted by molar-refractivity contribution is 7.71. The maximum absolute atomic E-state index is 11.9. The van der Waals surface area contributed by atoms with Crippen LogP contribution in [0, 0.1) is 4.64 Å². The first-order chi connectivity index (χ1) is 7.87. The third-order valence-corrected chi connectivity index (χ3v) is 2.95. The Bertz CT molecular complexity index is 484. The molecule has 1 aliphatic heterocycles. The third-order valence-electron chi connectivity index (χ3n) is 2.60. The Morgan fingerprint density at radius 1 is 1.41 bits per heavy atom. The molecule has 0 aliphatic carbocycles. The first kappa shape index (κ1) is 12.2. The van der Waals surface area contributed by atoms with Crippen LogP contribution in [0.2, 0.25) is 0 Å². The Kier molecular flexibility index (Phi) is 2.99. The van der Waals surface area contributed by atoms with Gasteiger partial charge >= 0.3 is 6.09 Å². The van der Waals surface area contributed by atoms with Crippen molar-refractivity contribution in [1.82, 2.24) is 15.1 Å². The number of carbonyl (C=O) groups excluding carboxylic acids is 1. The summed E-state index contributed by atoms with van der Waals surface area (Å²) < 4.78 is 6.02. The molecule has 2 rings (SSSR count). The van der Waals surface area contributed by atoms with E-state index in [0.29, 0.717) is 17.7 Å². The van der Waals surface area contributed by atoms with Gasteiger partial charge in [0, 0.05) is 24.2 Å². The van der Waals surface area contributed by atoms with E-state index < -0.39 is 5.60 Å². The van der Waals surface area contributed by atoms with Gasteiger partial charge in [-0.05, 0) is 20.8 Å². The lowest BCUT2D eigenvalue weighted by Gasteiger charge is -2.29. The first-order valence-electron chi connectivity index (χ1n) is 5.63. The molecule has 17 heavy (non-hydrogen) atoms. The highest BCUT2D eigenvalue weighted by Gasteiger charge is 2.26. The second-order valence-electron chi connectivity index (χ2n) is 5.19. The highest BCUT2D eigenvalue weighted by Crippen LogP contribution is 2.20. The summed E-state index contributed by atoms with van der Waals surface area (Å²) in [5.74, 6) is 0. The number of rotatable bonds is 0. The molecule has 0 aromatic carbocycles. The average Bonchev–Trinajstić information content (AvgIpc) is 2.57. The second-order valence-corrected chi connectivity index (χ2v) is 5.60. The average molecular weight is 255 g/mol. The Labute approximate surface area is 105 Å². The summed E-state index contributed by atoms with van der Waals surface area (Å²) in [5.41, 5.74) is 1.63. The summed E-state index contributed by atoms with van der Waals surface area (Å²) >= 11 is 5.16. The number of aromatic amines is 2. The summed E-state index contributed by atoms with van der Waals surface area (Å²) in [4.78, 5) is 13.6. The van der Waals surface area contributed by atoms with E-state index in [1.165, 1.54) is 0 Å². The molecule has 0 fully saturated rings. The summed E-state index contributed by atoms with van der Waals surface area (Å²) in [6.07, 6.45) is 0.501. The summed E-state index contributed by atoms with van der Waals surface area (Å²) in [6.45, 7) is 6.77. The lowest BCUT2D eigenvalue weighted by atomic mass is 10.1. The van der Waals surface area contributed by atoms with Crippen molar-refractivity contribution >= 4 is 18.3 Å². The van der Waals surface area contributed by atoms with Gasteiger partial charge in [0.15, 0.2) is 0 Å². The van der Waals surface area contributed by atoms with Crippen molar-refractivity contribution < 1.29 is 9.53 Å². The van der Waals surface area contributed by atoms with Crippen LogP contribution in [0.4, 0.5) is 4.79 Å². The van der Waals surface area contributed by atoms with E-state index in [1.807, 2.05) is 20.8 Å². The van der Waals surface area contributed by atoms with Crippen LogP contribution < -0.4 is 0 Å². The van der Waals surface area contributed by atoms with Crippen molar-refractivity contribution in [1.29, 1.82) is 0 Å². The maximum Gasteiger partial charge on any atom is 0.410 e. The molecule has 1 aromatic rings. The standard InChI is InChI=1S/C11H17N3O2S/c1-11(2,3)16-10(15)14-5-4-8-7(6-14)9(17)13-12-8/h4-6H2,1-3H3,(H2,12,13,17). The summed E-state index contributed by atoms with van der Waals surface area (Å²) in [6, 6.07) is 0. The SMILES string of the molecule is CC(C)(C)OC(=O)N1CCc2[nH][nH]c(=S)c2C1. The number of nitrogens with one attached hydrogen (secondary N) is 2. The molecule has 2 heterocycles. The maximum atomic E-state index is 11.9. The van der Waals surface area contributed by atoms with Gasteiger partial charge in [0.2, 0.25) is 0 Å². The highest BCUT2D eigenvalue weighted by atomic mass is 32.1. The molecule has 0 bridgehead atoms. The zero-order valence-corrected chi connectivity index (χ0v) is 11.1. The fourth-order valence-electron chi connectivity index (χ4n) is 1.80. The number of carbonyl (C=O) groups is 1. The van der Waals surface area contributed by atoms with Crippen LogP contribution in [-0.4, -0.2) is 33.3 Å². The van der Waals surface area contributed by atoms with Crippen molar-refractivity contribution in [3.05, 3.63) is 15.9 Å². The Morgan fingerprint density at radius 2 is 2.12 bits per heavy atom. The van der Waals surface area contributed by atoms with Crippen LogP contribution in [0.25, 0.3) is 0 Å². The van der Waals surface area contributed by atoms with E-state index in [2.05, 4.69) is 10.2 Å². The summed E-state index contributed by atoms with van der Waals surface area (Å²) in [5, 5.41) is 5.92. The number of hydrogen-bond acceptors (Lipinski definition) is 3. The molecule has 0 unspecified atom stereocenters. The quantitative estimate of drug-likeness (QED) is 0.700. The van der Waals surface area contributed by atoms with E-state index in [4.69, 9.17) is 17.0 Å². The number of fused-ring (bicyclic) bond motifs is 1. The Hall–Kier alpha value is -1.30. The van der Waals surface area contributed by atoms with Crippen LogP contribution in [0.15, 0.2) is 0 Å². The van der Waals surface area contributed by atoms with E-state index in [9.17, 15) is 4.79 Å². The first-order valence-corrected chi connectivity index (χ1v) is 6.04. The van der Waals surface area contributed by atoms with E-state index in [-0.39, 0.29) is 6.09 Å². The number of aromatic nitrogens is 2. The molecule has 0 spiro atoms. The Balaban J connectivity index is 2.10. The number of H-pyrrole nitrogens is 2. The lowest BCUT2D eigenvalue weighted by Crippen LogP contribution is -2.39. The van der Waals surface area contributed by atoms with Crippen molar-refractivity contribution in [2.45, 2.75) is 39.3 Å². The zero-order valence-electron chi connectivity index (χ0n) is 10.3. The molecule has 2 N–H and O–H groups in total. The van der Waals surface area contributed by atoms with E-state index in [0.717, 1.165) is 17.7 Å². The molecule has 5 nitrogen and oxygen atoms in total. The second kappa shape index (κ2) is 4.18. The van der Waals surface area contributed by atoms with Crippen LogP contribution in [0.3, 0.4) is 0 Å². The molecule has 6 heteroatoms. The molecule has 0 saturated heterocycles. The minimum atomic E-state index is -0.460. The molecule has 1 aromatic heterocycles. The van der Waals surface area contributed by atoms with Crippen LogP contribution in [0.5, 0.6) is 0 Å². The fourth-order valence-corrected chi connectivity index (χ4v) is 2.04. The smallest absolute Gasteiger partial charge is 0.410 e. The van der Waals surface area contributed by atoms with Gasteiger partial charge in [-0.25, -0.2) is 4.79 Å². The molecule has 0 atom stereocenters. The van der Waals surface area contributed by atoms with Gasteiger partial charge in [0.25, 0.3) is 0 Å². The minimum Gasteiger partial charge on any atom is -0.444 e. The van der Waals surface area contributed by atoms with Crippen molar-refractivity contribution in [3.8, 4) is 0 Å². The molecule has 0 saturated carbocycles. The molecular weight excluding hydrogens is 238 g/mol. The van der Waals surface area contributed by atoms with Gasteiger partial charge in [0.1, 0.15) is 10.2 Å². The van der Waals surface area contributed by atoms with E-state index in [1.54, 1.807) is 4.90 Å². The molecule has 0 radical (unpaired) electrons. The van der Waals surface area contributed by atoms with Gasteiger partial charge in [-0.3, -0.25) is 5.10 Å². The molecule has 1 aliphatic rings. The number of nitrogens with zero attached hydrogens (tertiary/aromatic N) is 1. The number of hydrogen-bond donors (Lipinski definition) is 2. The van der Waals surface area contributed by atoms with Crippen molar-refractivity contribution in [2.24, 2.45) is 0 Å². The van der Waals surface area contributed by atoms with Crippen LogP contribution in [0.1, 0.15) is 32.0 Å². The van der Waals surface area contributed by atoms with E-state index >= 15 is 0 Å².